The van der Waals surface area contributed by atoms with E-state index < -0.39 is 0 Å². The Kier molecular flexibility index (Phi) is 5.18. The van der Waals surface area contributed by atoms with Gasteiger partial charge in [-0.3, -0.25) is 9.69 Å². The fourth-order valence-electron chi connectivity index (χ4n) is 2.93. The summed E-state index contributed by atoms with van der Waals surface area (Å²) in [5.41, 5.74) is 2.91. The normalized spacial score (nSPS) is 16.8. The van der Waals surface area contributed by atoms with Crippen LogP contribution < -0.4 is 5.32 Å². The van der Waals surface area contributed by atoms with Crippen molar-refractivity contribution < 1.29 is 4.79 Å². The van der Waals surface area contributed by atoms with Crippen molar-refractivity contribution in [1.29, 1.82) is 0 Å². The van der Waals surface area contributed by atoms with Crippen LogP contribution in [-0.2, 0) is 17.8 Å². The second-order valence-electron chi connectivity index (χ2n) is 5.96. The molecule has 1 aliphatic rings. The van der Waals surface area contributed by atoms with Crippen molar-refractivity contribution in [2.24, 2.45) is 5.92 Å². The van der Waals surface area contributed by atoms with Gasteiger partial charge in [-0.2, -0.15) is 0 Å². The minimum Gasteiger partial charge on any atom is -0.355 e. The molecule has 1 unspecified atom stereocenters. The van der Waals surface area contributed by atoms with Gasteiger partial charge < -0.3 is 5.32 Å². The van der Waals surface area contributed by atoms with Crippen LogP contribution in [0.5, 0.6) is 0 Å². The van der Waals surface area contributed by atoms with Gasteiger partial charge in [-0.25, -0.2) is 0 Å². The summed E-state index contributed by atoms with van der Waals surface area (Å²) in [5.74, 6) is 0.686. The van der Waals surface area contributed by atoms with Crippen molar-refractivity contribution in [3.63, 3.8) is 0 Å². The molecule has 0 saturated carbocycles. The quantitative estimate of drug-likeness (QED) is 0.895. The van der Waals surface area contributed by atoms with E-state index in [1.165, 1.54) is 11.1 Å². The lowest BCUT2D eigenvalue weighted by molar-refractivity contribution is -0.121. The van der Waals surface area contributed by atoms with Gasteiger partial charge in [0.1, 0.15) is 0 Å². The first-order valence-electron chi connectivity index (χ1n) is 7.69. The SMILES string of the molecule is CCC(=O)NCC(C(C)C)N1CCc2ccccc2C1. The number of rotatable bonds is 5. The molecule has 1 N–H and O–H groups in total. The van der Waals surface area contributed by atoms with Crippen molar-refractivity contribution in [2.45, 2.75) is 46.2 Å². The average Bonchev–Trinajstić information content (AvgIpc) is 2.46. The maximum absolute atomic E-state index is 11.5. The highest BCUT2D eigenvalue weighted by Crippen LogP contribution is 2.22. The minimum absolute atomic E-state index is 0.146. The van der Waals surface area contributed by atoms with Crippen LogP contribution in [-0.4, -0.2) is 29.9 Å². The van der Waals surface area contributed by atoms with E-state index in [2.05, 4.69) is 48.3 Å². The molecule has 0 bridgehead atoms. The first-order valence-corrected chi connectivity index (χ1v) is 7.69. The summed E-state index contributed by atoms with van der Waals surface area (Å²) in [5, 5.41) is 3.05. The van der Waals surface area contributed by atoms with E-state index in [-0.39, 0.29) is 5.91 Å². The first-order chi connectivity index (χ1) is 9.61. The highest BCUT2D eigenvalue weighted by molar-refractivity contribution is 5.75. The molecule has 110 valence electrons. The smallest absolute Gasteiger partial charge is 0.219 e. The van der Waals surface area contributed by atoms with Crippen molar-refractivity contribution in [1.82, 2.24) is 10.2 Å². The Hall–Kier alpha value is -1.35. The van der Waals surface area contributed by atoms with E-state index >= 15 is 0 Å². The van der Waals surface area contributed by atoms with Crippen LogP contribution in [0.25, 0.3) is 0 Å². The van der Waals surface area contributed by atoms with Gasteiger partial charge in [0.15, 0.2) is 0 Å². The lowest BCUT2D eigenvalue weighted by atomic mass is 9.95. The van der Waals surface area contributed by atoms with E-state index in [1.807, 2.05) is 6.92 Å². The van der Waals surface area contributed by atoms with Gasteiger partial charge in [-0.05, 0) is 23.5 Å². The minimum atomic E-state index is 0.146. The molecular formula is C17H26N2O. The zero-order chi connectivity index (χ0) is 14.5. The number of carbonyl (C=O) groups is 1. The van der Waals surface area contributed by atoms with E-state index in [9.17, 15) is 4.79 Å². The van der Waals surface area contributed by atoms with Gasteiger partial charge in [0, 0.05) is 32.1 Å². The molecule has 1 aromatic carbocycles. The lowest BCUT2D eigenvalue weighted by Crippen LogP contribution is -2.48. The van der Waals surface area contributed by atoms with Gasteiger partial charge in [0.25, 0.3) is 0 Å². The zero-order valence-corrected chi connectivity index (χ0v) is 12.9. The molecule has 1 aromatic rings. The summed E-state index contributed by atoms with van der Waals surface area (Å²) < 4.78 is 0. The van der Waals surface area contributed by atoms with Gasteiger partial charge in [-0.1, -0.05) is 45.0 Å². The fourth-order valence-corrected chi connectivity index (χ4v) is 2.93. The van der Waals surface area contributed by atoms with E-state index in [0.717, 1.165) is 26.1 Å². The molecule has 1 atom stereocenters. The van der Waals surface area contributed by atoms with E-state index in [4.69, 9.17) is 0 Å². The summed E-state index contributed by atoms with van der Waals surface area (Å²) in [7, 11) is 0. The van der Waals surface area contributed by atoms with Crippen molar-refractivity contribution in [2.75, 3.05) is 13.1 Å². The lowest BCUT2D eigenvalue weighted by Gasteiger charge is -2.38. The van der Waals surface area contributed by atoms with Crippen molar-refractivity contribution >= 4 is 5.91 Å². The van der Waals surface area contributed by atoms with Crippen LogP contribution in [0.2, 0.25) is 0 Å². The summed E-state index contributed by atoms with van der Waals surface area (Å²) in [6.07, 6.45) is 1.68. The number of nitrogens with zero attached hydrogens (tertiary/aromatic N) is 1. The van der Waals surface area contributed by atoms with Crippen molar-refractivity contribution in [3.05, 3.63) is 35.4 Å². The molecule has 0 aromatic heterocycles. The Morgan fingerprint density at radius 2 is 2.00 bits per heavy atom. The van der Waals surface area contributed by atoms with Crippen LogP contribution in [0.1, 0.15) is 38.3 Å². The van der Waals surface area contributed by atoms with Crippen LogP contribution in [0.4, 0.5) is 0 Å². The van der Waals surface area contributed by atoms with Gasteiger partial charge in [0.2, 0.25) is 5.91 Å². The monoisotopic (exact) mass is 274 g/mol. The first kappa shape index (κ1) is 15.0. The van der Waals surface area contributed by atoms with Gasteiger partial charge in [0.05, 0.1) is 0 Å². The Bertz CT molecular complexity index is 456. The maximum Gasteiger partial charge on any atom is 0.219 e. The van der Waals surface area contributed by atoms with Crippen LogP contribution in [0.15, 0.2) is 24.3 Å². The Balaban J connectivity index is 2.02. The maximum atomic E-state index is 11.5. The number of hydrogen-bond acceptors (Lipinski definition) is 2. The highest BCUT2D eigenvalue weighted by Gasteiger charge is 2.25. The Labute approximate surface area is 122 Å². The summed E-state index contributed by atoms with van der Waals surface area (Å²) in [6.45, 7) is 9.22. The topological polar surface area (TPSA) is 32.3 Å². The summed E-state index contributed by atoms with van der Waals surface area (Å²) in [6, 6.07) is 9.11. The third-order valence-electron chi connectivity index (χ3n) is 4.23. The molecule has 0 radical (unpaired) electrons. The number of hydrogen-bond donors (Lipinski definition) is 1. The number of nitrogens with one attached hydrogen (secondary N) is 1. The molecule has 3 heteroatoms. The Morgan fingerprint density at radius 1 is 1.30 bits per heavy atom. The van der Waals surface area contributed by atoms with Crippen molar-refractivity contribution in [3.8, 4) is 0 Å². The van der Waals surface area contributed by atoms with Crippen LogP contribution in [0.3, 0.4) is 0 Å². The second-order valence-corrected chi connectivity index (χ2v) is 5.96. The van der Waals surface area contributed by atoms with Gasteiger partial charge >= 0.3 is 0 Å². The van der Waals surface area contributed by atoms with Crippen LogP contribution >= 0.6 is 0 Å². The predicted molar refractivity (Wildman–Crippen MR) is 82.5 cm³/mol. The van der Waals surface area contributed by atoms with E-state index in [0.29, 0.717) is 18.4 Å². The standard InChI is InChI=1S/C17H26N2O/c1-4-17(20)18-11-16(13(2)3)19-10-9-14-7-5-6-8-15(14)12-19/h5-8,13,16H,4,9-12H2,1-3H3,(H,18,20). The molecule has 1 amide bonds. The molecule has 2 rings (SSSR count). The fraction of sp³-hybridized carbons (Fsp3) is 0.588. The molecule has 1 heterocycles. The molecule has 20 heavy (non-hydrogen) atoms. The second kappa shape index (κ2) is 6.89. The molecule has 0 aliphatic carbocycles. The Morgan fingerprint density at radius 3 is 2.65 bits per heavy atom. The highest BCUT2D eigenvalue weighted by atomic mass is 16.1. The molecule has 0 spiro atoms. The molecule has 3 nitrogen and oxygen atoms in total. The average molecular weight is 274 g/mol. The number of carbonyl (C=O) groups excluding carboxylic acids is 1. The molecule has 0 fully saturated rings. The number of fused-ring (bicyclic) bond motifs is 1. The number of amides is 1. The van der Waals surface area contributed by atoms with E-state index in [1.54, 1.807) is 0 Å². The summed E-state index contributed by atoms with van der Waals surface area (Å²) >= 11 is 0. The van der Waals surface area contributed by atoms with Gasteiger partial charge in [-0.15, -0.1) is 0 Å². The third kappa shape index (κ3) is 3.60. The zero-order valence-electron chi connectivity index (χ0n) is 12.9. The molecular weight excluding hydrogens is 248 g/mol. The van der Waals surface area contributed by atoms with Crippen LogP contribution in [0, 0.1) is 5.92 Å². The summed E-state index contributed by atoms with van der Waals surface area (Å²) in [4.78, 5) is 14.0. The largest absolute Gasteiger partial charge is 0.355 e. The third-order valence-corrected chi connectivity index (χ3v) is 4.23. The number of benzene rings is 1. The molecule has 0 saturated heterocycles. The molecule has 1 aliphatic heterocycles. The predicted octanol–water partition coefficient (Wildman–Crippen LogP) is 2.60.